The second-order valence-electron chi connectivity index (χ2n) is 9.30. The van der Waals surface area contributed by atoms with Gasteiger partial charge in [0.25, 0.3) is 0 Å². The molecular weight excluding hydrogens is 479 g/mol. The van der Waals surface area contributed by atoms with E-state index >= 15 is 0 Å². The molecule has 0 spiro atoms. The van der Waals surface area contributed by atoms with Crippen molar-refractivity contribution in [3.8, 4) is 6.07 Å². The van der Waals surface area contributed by atoms with Crippen LogP contribution in [0.4, 0.5) is 23.7 Å². The number of nitrogens with one attached hydrogen (secondary N) is 1. The number of halogens is 3. The topological polar surface area (TPSA) is 73.2 Å². The first-order valence-corrected chi connectivity index (χ1v) is 11.8. The number of nitriles is 1. The molecular formula is C29H22F3N3O2. The Morgan fingerprint density at radius 1 is 0.946 bits per heavy atom. The van der Waals surface area contributed by atoms with E-state index in [1.54, 1.807) is 24.3 Å². The highest BCUT2D eigenvalue weighted by Crippen LogP contribution is 2.44. The molecule has 8 heteroatoms. The largest absolute Gasteiger partial charge is 0.416 e. The molecule has 37 heavy (non-hydrogen) atoms. The zero-order valence-corrected chi connectivity index (χ0v) is 19.8. The van der Waals surface area contributed by atoms with E-state index in [1.807, 2.05) is 37.3 Å². The second-order valence-corrected chi connectivity index (χ2v) is 9.30. The number of anilines is 1. The molecule has 5 rings (SSSR count). The molecule has 1 heterocycles. The highest BCUT2D eigenvalue weighted by molar-refractivity contribution is 6.07. The molecule has 5 nitrogen and oxygen atoms in total. The summed E-state index contributed by atoms with van der Waals surface area (Å²) >= 11 is 0. The Labute approximate surface area is 211 Å². The standard InChI is InChI=1S/C29H22F3N3O2/c1-17-5-9-19(10-6-17)21-13-24-26(25(36)14-21)27(20-11-7-18(16-33)8-12-20)34-28(37)35(24)23-4-2-3-22(15-23)29(30,31)32/h2-12,15,21,27H,13-14H2,1H3,(H,34,37). The Hall–Kier alpha value is -4.38. The van der Waals surface area contributed by atoms with Crippen LogP contribution in [0.1, 0.15) is 52.6 Å². The molecule has 186 valence electrons. The second kappa shape index (κ2) is 9.25. The number of carbonyl (C=O) groups excluding carboxylic acids is 2. The lowest BCUT2D eigenvalue weighted by Gasteiger charge is -2.41. The number of urea groups is 1. The number of benzene rings is 3. The van der Waals surface area contributed by atoms with Crippen LogP contribution in [0.5, 0.6) is 0 Å². The average molecular weight is 502 g/mol. The third-order valence-corrected chi connectivity index (χ3v) is 6.87. The van der Waals surface area contributed by atoms with Crippen molar-refractivity contribution < 1.29 is 22.8 Å². The van der Waals surface area contributed by atoms with Crippen molar-refractivity contribution in [1.82, 2.24) is 5.32 Å². The van der Waals surface area contributed by atoms with Crippen LogP contribution in [0.25, 0.3) is 0 Å². The number of hydrogen-bond donors (Lipinski definition) is 1. The maximum absolute atomic E-state index is 13.6. The number of ketones is 1. The summed E-state index contributed by atoms with van der Waals surface area (Å²) in [5.74, 6) is -0.411. The Morgan fingerprint density at radius 2 is 1.62 bits per heavy atom. The first-order chi connectivity index (χ1) is 17.7. The number of carbonyl (C=O) groups is 2. The van der Waals surface area contributed by atoms with Gasteiger partial charge in [-0.25, -0.2) is 4.79 Å². The van der Waals surface area contributed by atoms with Crippen molar-refractivity contribution in [1.29, 1.82) is 5.26 Å². The van der Waals surface area contributed by atoms with Gasteiger partial charge in [-0.1, -0.05) is 48.0 Å². The molecule has 0 bridgehead atoms. The van der Waals surface area contributed by atoms with Gasteiger partial charge in [0.2, 0.25) is 0 Å². The van der Waals surface area contributed by atoms with Crippen molar-refractivity contribution in [2.24, 2.45) is 0 Å². The molecule has 2 amide bonds. The Balaban J connectivity index is 1.65. The van der Waals surface area contributed by atoms with Gasteiger partial charge in [0.05, 0.1) is 28.9 Å². The first-order valence-electron chi connectivity index (χ1n) is 11.8. The summed E-state index contributed by atoms with van der Waals surface area (Å²) in [5, 5.41) is 11.9. The van der Waals surface area contributed by atoms with E-state index < -0.39 is 23.8 Å². The lowest BCUT2D eigenvalue weighted by molar-refractivity contribution is -0.137. The van der Waals surface area contributed by atoms with Gasteiger partial charge in [-0.05, 0) is 60.7 Å². The highest BCUT2D eigenvalue weighted by Gasteiger charge is 2.43. The van der Waals surface area contributed by atoms with Crippen molar-refractivity contribution >= 4 is 17.5 Å². The summed E-state index contributed by atoms with van der Waals surface area (Å²) in [6, 6.07) is 19.5. The molecule has 3 aromatic carbocycles. The van der Waals surface area contributed by atoms with Crippen LogP contribution in [0, 0.1) is 18.3 Å². The fraction of sp³-hybridized carbons (Fsp3) is 0.207. The third kappa shape index (κ3) is 4.60. The van der Waals surface area contributed by atoms with Crippen molar-refractivity contribution in [3.63, 3.8) is 0 Å². The number of hydrogen-bond acceptors (Lipinski definition) is 3. The number of nitrogens with zero attached hydrogens (tertiary/aromatic N) is 2. The van der Waals surface area contributed by atoms with E-state index in [4.69, 9.17) is 5.26 Å². The van der Waals surface area contributed by atoms with Crippen LogP contribution in [0.15, 0.2) is 84.1 Å². The van der Waals surface area contributed by atoms with E-state index in [9.17, 15) is 22.8 Å². The molecule has 0 aromatic heterocycles. The summed E-state index contributed by atoms with van der Waals surface area (Å²) < 4.78 is 40.4. The van der Waals surface area contributed by atoms with E-state index in [0.717, 1.165) is 23.3 Å². The van der Waals surface area contributed by atoms with Crippen LogP contribution in [0.2, 0.25) is 0 Å². The van der Waals surface area contributed by atoms with Gasteiger partial charge in [-0.15, -0.1) is 0 Å². The fourth-order valence-electron chi connectivity index (χ4n) is 5.00. The molecule has 1 aliphatic heterocycles. The predicted octanol–water partition coefficient (Wildman–Crippen LogP) is 6.56. The van der Waals surface area contributed by atoms with Gasteiger partial charge < -0.3 is 5.32 Å². The monoisotopic (exact) mass is 501 g/mol. The summed E-state index contributed by atoms with van der Waals surface area (Å²) in [7, 11) is 0. The zero-order chi connectivity index (χ0) is 26.3. The normalized spacial score (nSPS) is 19.8. The maximum atomic E-state index is 13.6. The minimum Gasteiger partial charge on any atom is -0.326 e. The summed E-state index contributed by atoms with van der Waals surface area (Å²) in [4.78, 5) is 28.3. The fourth-order valence-corrected chi connectivity index (χ4v) is 5.00. The van der Waals surface area contributed by atoms with E-state index in [1.165, 1.54) is 17.0 Å². The smallest absolute Gasteiger partial charge is 0.326 e. The molecule has 1 aliphatic carbocycles. The van der Waals surface area contributed by atoms with Crippen LogP contribution in [-0.2, 0) is 11.0 Å². The van der Waals surface area contributed by atoms with Gasteiger partial charge in [0, 0.05) is 17.7 Å². The molecule has 1 N–H and O–H groups in total. The summed E-state index contributed by atoms with van der Waals surface area (Å²) in [6.07, 6.45) is -4.07. The average Bonchev–Trinajstić information content (AvgIpc) is 2.88. The van der Waals surface area contributed by atoms with E-state index in [-0.39, 0.29) is 23.8 Å². The summed E-state index contributed by atoms with van der Waals surface area (Å²) in [5.41, 5.74) is 2.93. The van der Waals surface area contributed by atoms with E-state index in [0.29, 0.717) is 28.8 Å². The maximum Gasteiger partial charge on any atom is 0.416 e. The van der Waals surface area contributed by atoms with Crippen LogP contribution in [0.3, 0.4) is 0 Å². The Kier molecular flexibility index (Phi) is 6.08. The highest BCUT2D eigenvalue weighted by atomic mass is 19.4. The van der Waals surface area contributed by atoms with Gasteiger partial charge in [-0.2, -0.15) is 18.4 Å². The zero-order valence-electron chi connectivity index (χ0n) is 19.8. The first kappa shape index (κ1) is 24.3. The van der Waals surface area contributed by atoms with Crippen LogP contribution >= 0.6 is 0 Å². The van der Waals surface area contributed by atoms with Crippen molar-refractivity contribution in [2.75, 3.05) is 4.90 Å². The number of rotatable bonds is 3. The molecule has 0 radical (unpaired) electrons. The molecule has 2 unspecified atom stereocenters. The molecule has 0 saturated heterocycles. The lowest BCUT2D eigenvalue weighted by atomic mass is 9.77. The molecule has 3 aromatic rings. The minimum absolute atomic E-state index is 0.0375. The number of aryl methyl sites for hydroxylation is 1. The van der Waals surface area contributed by atoms with Crippen LogP contribution in [-0.4, -0.2) is 11.8 Å². The SMILES string of the molecule is Cc1ccc(C2CC(=O)C3=C(C2)N(c2cccc(C(F)(F)F)c2)C(=O)NC3c2ccc(C#N)cc2)cc1. The number of allylic oxidation sites excluding steroid dienone is 1. The minimum atomic E-state index is -4.59. The number of Topliss-reactive ketones (excluding diaryl/α,β-unsaturated/α-hetero) is 1. The van der Waals surface area contributed by atoms with E-state index in [2.05, 4.69) is 5.32 Å². The number of alkyl halides is 3. The molecule has 2 atom stereocenters. The summed E-state index contributed by atoms with van der Waals surface area (Å²) in [6.45, 7) is 1.96. The number of amides is 2. The van der Waals surface area contributed by atoms with Gasteiger partial charge in [-0.3, -0.25) is 9.69 Å². The van der Waals surface area contributed by atoms with Crippen molar-refractivity contribution in [2.45, 2.75) is 37.9 Å². The molecule has 0 fully saturated rings. The third-order valence-electron chi connectivity index (χ3n) is 6.87. The molecule has 0 saturated carbocycles. The van der Waals surface area contributed by atoms with Gasteiger partial charge in [0.1, 0.15) is 0 Å². The quantitative estimate of drug-likeness (QED) is 0.442. The van der Waals surface area contributed by atoms with Crippen molar-refractivity contribution in [3.05, 3.63) is 112 Å². The molecule has 2 aliphatic rings. The van der Waals surface area contributed by atoms with Crippen LogP contribution < -0.4 is 10.2 Å². The van der Waals surface area contributed by atoms with Gasteiger partial charge in [0.15, 0.2) is 5.78 Å². The Morgan fingerprint density at radius 3 is 2.27 bits per heavy atom. The lowest BCUT2D eigenvalue weighted by Crippen LogP contribution is -2.50. The predicted molar refractivity (Wildman–Crippen MR) is 132 cm³/mol. The Bertz CT molecular complexity index is 1450. The van der Waals surface area contributed by atoms with Gasteiger partial charge >= 0.3 is 12.2 Å².